The van der Waals surface area contributed by atoms with Gasteiger partial charge < -0.3 is 15.2 Å². The predicted octanol–water partition coefficient (Wildman–Crippen LogP) is 3.24. The molecular formula is C25H32FN3O3. The van der Waals surface area contributed by atoms with Gasteiger partial charge in [0.15, 0.2) is 11.6 Å². The number of allylic oxidation sites excluding steroid dienone is 1. The van der Waals surface area contributed by atoms with Crippen molar-refractivity contribution in [1.29, 1.82) is 0 Å². The Bertz CT molecular complexity index is 936. The summed E-state index contributed by atoms with van der Waals surface area (Å²) in [6.45, 7) is 10.9. The number of piperazine rings is 1. The van der Waals surface area contributed by atoms with Gasteiger partial charge >= 0.3 is 0 Å². The van der Waals surface area contributed by atoms with Crippen LogP contribution in [0.4, 0.5) is 10.1 Å². The molecule has 1 fully saturated rings. The second-order valence-electron chi connectivity index (χ2n) is 8.35. The monoisotopic (exact) mass is 441 g/mol. The highest BCUT2D eigenvalue weighted by atomic mass is 19.1. The lowest BCUT2D eigenvalue weighted by atomic mass is 10.1. The number of amides is 1. The third-order valence-electron chi connectivity index (χ3n) is 5.59. The number of nitrogens with zero attached hydrogens (tertiary/aromatic N) is 2. The van der Waals surface area contributed by atoms with E-state index in [4.69, 9.17) is 4.74 Å². The van der Waals surface area contributed by atoms with Crippen LogP contribution in [0.25, 0.3) is 5.57 Å². The first-order chi connectivity index (χ1) is 15.3. The van der Waals surface area contributed by atoms with E-state index in [0.717, 1.165) is 36.5 Å². The smallest absolute Gasteiger partial charge is 0.238 e. The summed E-state index contributed by atoms with van der Waals surface area (Å²) in [6, 6.07) is 14.0. The van der Waals surface area contributed by atoms with E-state index in [1.54, 1.807) is 18.2 Å². The van der Waals surface area contributed by atoms with Crippen LogP contribution in [0.3, 0.4) is 0 Å². The number of carbonyl (C=O) groups is 1. The number of halogens is 1. The highest BCUT2D eigenvalue weighted by molar-refractivity contribution is 5.95. The molecule has 1 heterocycles. The third-order valence-corrected chi connectivity index (χ3v) is 5.59. The van der Waals surface area contributed by atoms with Gasteiger partial charge in [0, 0.05) is 43.5 Å². The summed E-state index contributed by atoms with van der Waals surface area (Å²) in [4.78, 5) is 16.9. The van der Waals surface area contributed by atoms with Crippen molar-refractivity contribution in [3.63, 3.8) is 0 Å². The molecule has 0 spiro atoms. The lowest BCUT2D eigenvalue weighted by Gasteiger charge is -2.40. The number of anilines is 1. The van der Waals surface area contributed by atoms with Gasteiger partial charge in [-0.05, 0) is 37.6 Å². The van der Waals surface area contributed by atoms with Gasteiger partial charge in [-0.25, -0.2) is 4.39 Å². The molecule has 1 aliphatic heterocycles. The third kappa shape index (κ3) is 6.63. The number of β-amino-alcohol motifs (C(OH)–C–C–N with tert-alkyl or cyclic N) is 1. The molecule has 6 nitrogen and oxygen atoms in total. The molecule has 7 heteroatoms. The summed E-state index contributed by atoms with van der Waals surface area (Å²) in [5.74, 6) is -0.354. The molecule has 1 saturated heterocycles. The summed E-state index contributed by atoms with van der Waals surface area (Å²) >= 11 is 0. The molecule has 0 bridgehead atoms. The van der Waals surface area contributed by atoms with Gasteiger partial charge in [-0.2, -0.15) is 0 Å². The minimum Gasteiger partial charge on any atom is -0.488 e. The lowest BCUT2D eigenvalue weighted by Crippen LogP contribution is -2.55. The quantitative estimate of drug-likeness (QED) is 0.626. The molecule has 3 rings (SSSR count). The zero-order valence-electron chi connectivity index (χ0n) is 18.8. The van der Waals surface area contributed by atoms with Crippen molar-refractivity contribution in [3.05, 3.63) is 66.5 Å². The summed E-state index contributed by atoms with van der Waals surface area (Å²) in [5, 5.41) is 13.3. The Morgan fingerprint density at radius 2 is 1.97 bits per heavy atom. The van der Waals surface area contributed by atoms with Crippen molar-refractivity contribution in [2.45, 2.75) is 26.0 Å². The molecule has 0 aliphatic carbocycles. The first kappa shape index (κ1) is 23.9. The summed E-state index contributed by atoms with van der Waals surface area (Å²) in [6.07, 6.45) is -0.731. The molecule has 0 aromatic heterocycles. The van der Waals surface area contributed by atoms with Gasteiger partial charge in [0.1, 0.15) is 12.7 Å². The largest absolute Gasteiger partial charge is 0.488 e. The average molecular weight is 442 g/mol. The number of para-hydroxylation sites is 2. The molecule has 2 aromatic carbocycles. The summed E-state index contributed by atoms with van der Waals surface area (Å²) < 4.78 is 19.1. The van der Waals surface area contributed by atoms with E-state index in [1.165, 1.54) is 6.07 Å². The Labute approximate surface area is 189 Å². The van der Waals surface area contributed by atoms with Crippen molar-refractivity contribution >= 4 is 17.2 Å². The maximum Gasteiger partial charge on any atom is 0.238 e. The van der Waals surface area contributed by atoms with E-state index in [9.17, 15) is 14.3 Å². The topological polar surface area (TPSA) is 65.0 Å². The van der Waals surface area contributed by atoms with Crippen LogP contribution in [0.5, 0.6) is 5.75 Å². The van der Waals surface area contributed by atoms with Crippen molar-refractivity contribution in [1.82, 2.24) is 9.80 Å². The first-order valence-electron chi connectivity index (χ1n) is 10.9. The molecule has 2 aromatic rings. The Hall–Kier alpha value is -2.74. The maximum atomic E-state index is 13.6. The van der Waals surface area contributed by atoms with Crippen LogP contribution in [0.15, 0.2) is 55.1 Å². The van der Waals surface area contributed by atoms with E-state index in [2.05, 4.69) is 28.6 Å². The van der Waals surface area contributed by atoms with E-state index < -0.39 is 11.9 Å². The molecule has 1 amide bonds. The molecule has 2 N–H and O–H groups in total. The molecular weight excluding hydrogens is 409 g/mol. The molecule has 172 valence electrons. The molecule has 0 unspecified atom stereocenters. The number of aliphatic hydroxyl groups is 1. The van der Waals surface area contributed by atoms with Crippen molar-refractivity contribution in [2.24, 2.45) is 0 Å². The maximum absolute atomic E-state index is 13.6. The Kier molecular flexibility index (Phi) is 8.39. The van der Waals surface area contributed by atoms with Crippen molar-refractivity contribution < 1.29 is 19.0 Å². The van der Waals surface area contributed by atoms with Crippen LogP contribution >= 0.6 is 0 Å². The fraction of sp³-hybridized carbons (Fsp3) is 0.400. The fourth-order valence-electron chi connectivity index (χ4n) is 3.91. The SMILES string of the molecule is C=C(C)c1ccccc1NC(=O)CN1CCN(C[C@@H](O)COc2ccccc2F)[C@@H](C)C1. The van der Waals surface area contributed by atoms with Crippen LogP contribution in [0.2, 0.25) is 0 Å². The minimum atomic E-state index is -0.731. The van der Waals surface area contributed by atoms with E-state index in [0.29, 0.717) is 13.1 Å². The minimum absolute atomic E-state index is 0.0262. The van der Waals surface area contributed by atoms with Crippen LogP contribution in [0, 0.1) is 5.82 Å². The Morgan fingerprint density at radius 1 is 1.25 bits per heavy atom. The predicted molar refractivity (Wildman–Crippen MR) is 125 cm³/mol. The summed E-state index contributed by atoms with van der Waals surface area (Å²) in [7, 11) is 0. The fourth-order valence-corrected chi connectivity index (χ4v) is 3.91. The second-order valence-corrected chi connectivity index (χ2v) is 8.35. The van der Waals surface area contributed by atoms with Gasteiger partial charge in [-0.15, -0.1) is 0 Å². The highest BCUT2D eigenvalue weighted by Crippen LogP contribution is 2.22. The molecule has 2 atom stereocenters. The molecule has 1 aliphatic rings. The van der Waals surface area contributed by atoms with E-state index in [1.807, 2.05) is 31.2 Å². The molecule has 0 radical (unpaired) electrons. The average Bonchev–Trinajstić information content (AvgIpc) is 2.75. The number of carbonyl (C=O) groups excluding carboxylic acids is 1. The second kappa shape index (κ2) is 11.2. The lowest BCUT2D eigenvalue weighted by molar-refractivity contribution is -0.118. The first-order valence-corrected chi connectivity index (χ1v) is 10.9. The van der Waals surface area contributed by atoms with E-state index in [-0.39, 0.29) is 24.3 Å². The number of benzene rings is 2. The van der Waals surface area contributed by atoms with Crippen LogP contribution < -0.4 is 10.1 Å². The van der Waals surface area contributed by atoms with Gasteiger partial charge in [-0.3, -0.25) is 14.6 Å². The Balaban J connectivity index is 1.44. The van der Waals surface area contributed by atoms with Gasteiger partial charge in [0.2, 0.25) is 5.91 Å². The normalized spacial score (nSPS) is 18.2. The number of nitrogens with one attached hydrogen (secondary N) is 1. The van der Waals surface area contributed by atoms with Crippen molar-refractivity contribution in [2.75, 3.05) is 44.6 Å². The number of aliphatic hydroxyl groups excluding tert-OH is 1. The number of ether oxygens (including phenoxy) is 1. The van der Waals surface area contributed by atoms with Gasteiger partial charge in [-0.1, -0.05) is 36.9 Å². The zero-order chi connectivity index (χ0) is 23.1. The van der Waals surface area contributed by atoms with Crippen molar-refractivity contribution in [3.8, 4) is 5.75 Å². The van der Waals surface area contributed by atoms with Crippen LogP contribution in [-0.4, -0.2) is 72.3 Å². The summed E-state index contributed by atoms with van der Waals surface area (Å²) in [5.41, 5.74) is 2.61. The molecule has 32 heavy (non-hydrogen) atoms. The van der Waals surface area contributed by atoms with Crippen LogP contribution in [0.1, 0.15) is 19.4 Å². The zero-order valence-corrected chi connectivity index (χ0v) is 18.8. The highest BCUT2D eigenvalue weighted by Gasteiger charge is 2.26. The van der Waals surface area contributed by atoms with Gasteiger partial charge in [0.25, 0.3) is 0 Å². The number of hydrogen-bond acceptors (Lipinski definition) is 5. The standard InChI is InChI=1S/C25H32FN3O3/c1-18(2)21-8-4-6-10-23(21)27-25(31)16-28-12-13-29(19(3)14-28)15-20(30)17-32-24-11-7-5-9-22(24)26/h4-11,19-20,30H,1,12-17H2,2-3H3,(H,27,31)/t19-,20+/m0/s1. The van der Waals surface area contributed by atoms with Crippen LogP contribution in [-0.2, 0) is 4.79 Å². The molecule has 0 saturated carbocycles. The van der Waals surface area contributed by atoms with Gasteiger partial charge in [0.05, 0.1) is 6.54 Å². The number of hydrogen-bond donors (Lipinski definition) is 2. The Morgan fingerprint density at radius 3 is 2.69 bits per heavy atom. The van der Waals surface area contributed by atoms with E-state index >= 15 is 0 Å². The number of rotatable bonds is 9.